The van der Waals surface area contributed by atoms with Gasteiger partial charge < -0.3 is 10.0 Å². The van der Waals surface area contributed by atoms with Crippen molar-refractivity contribution in [3.05, 3.63) is 29.6 Å². The highest BCUT2D eigenvalue weighted by Gasteiger charge is 2.17. The standard InChI is InChI=1S/C14H21N3O2/c1-12-2-3-13(10-15-12)11-17-8-6-16(7-9-17)5-4-14(18)19/h2-3,10H,4-9,11H2,1H3,(H,18,19). The van der Waals surface area contributed by atoms with Gasteiger partial charge in [-0.05, 0) is 18.6 Å². The van der Waals surface area contributed by atoms with E-state index < -0.39 is 5.97 Å². The summed E-state index contributed by atoms with van der Waals surface area (Å²) in [6, 6.07) is 4.16. The Labute approximate surface area is 113 Å². The number of rotatable bonds is 5. The molecule has 19 heavy (non-hydrogen) atoms. The summed E-state index contributed by atoms with van der Waals surface area (Å²) in [5.74, 6) is -0.715. The zero-order chi connectivity index (χ0) is 13.7. The predicted octanol–water partition coefficient (Wildman–Crippen LogP) is 0.982. The molecular formula is C14H21N3O2. The minimum Gasteiger partial charge on any atom is -0.481 e. The Hall–Kier alpha value is -1.46. The van der Waals surface area contributed by atoms with Gasteiger partial charge in [0.1, 0.15) is 0 Å². The van der Waals surface area contributed by atoms with Gasteiger partial charge in [0.25, 0.3) is 0 Å². The van der Waals surface area contributed by atoms with Crippen molar-refractivity contribution in [2.75, 3.05) is 32.7 Å². The lowest BCUT2D eigenvalue weighted by molar-refractivity contribution is -0.137. The molecule has 1 saturated heterocycles. The number of carbonyl (C=O) groups is 1. The minimum absolute atomic E-state index is 0.238. The SMILES string of the molecule is Cc1ccc(CN2CCN(CCC(=O)O)CC2)cn1. The second kappa shape index (κ2) is 6.63. The van der Waals surface area contributed by atoms with E-state index >= 15 is 0 Å². The van der Waals surface area contributed by atoms with E-state index in [2.05, 4.69) is 20.9 Å². The van der Waals surface area contributed by atoms with E-state index in [1.54, 1.807) is 0 Å². The first kappa shape index (κ1) is 14.0. The molecule has 1 aliphatic rings. The third-order valence-corrected chi connectivity index (χ3v) is 3.49. The Morgan fingerprint density at radius 2 is 1.95 bits per heavy atom. The van der Waals surface area contributed by atoms with Gasteiger partial charge in [0.05, 0.1) is 6.42 Å². The van der Waals surface area contributed by atoms with Gasteiger partial charge >= 0.3 is 5.97 Å². The largest absolute Gasteiger partial charge is 0.481 e. The summed E-state index contributed by atoms with van der Waals surface area (Å²) < 4.78 is 0. The lowest BCUT2D eigenvalue weighted by Gasteiger charge is -2.34. The normalized spacial score (nSPS) is 17.5. The molecule has 0 saturated carbocycles. The van der Waals surface area contributed by atoms with Crippen LogP contribution in [0.2, 0.25) is 0 Å². The Balaban J connectivity index is 1.74. The number of carboxylic acids is 1. The lowest BCUT2D eigenvalue weighted by Crippen LogP contribution is -2.46. The average molecular weight is 263 g/mol. The molecule has 5 nitrogen and oxygen atoms in total. The Morgan fingerprint density at radius 3 is 2.53 bits per heavy atom. The quantitative estimate of drug-likeness (QED) is 0.858. The van der Waals surface area contributed by atoms with Crippen LogP contribution in [0.25, 0.3) is 0 Å². The van der Waals surface area contributed by atoms with Crippen LogP contribution in [0.15, 0.2) is 18.3 Å². The summed E-state index contributed by atoms with van der Waals surface area (Å²) in [4.78, 5) is 19.4. The van der Waals surface area contributed by atoms with Crippen LogP contribution in [-0.4, -0.2) is 58.6 Å². The molecule has 0 unspecified atom stereocenters. The van der Waals surface area contributed by atoms with Crippen LogP contribution in [-0.2, 0) is 11.3 Å². The summed E-state index contributed by atoms with van der Waals surface area (Å²) in [7, 11) is 0. The monoisotopic (exact) mass is 263 g/mol. The zero-order valence-corrected chi connectivity index (χ0v) is 11.4. The van der Waals surface area contributed by atoms with Gasteiger partial charge in [-0.15, -0.1) is 0 Å². The predicted molar refractivity (Wildman–Crippen MR) is 72.9 cm³/mol. The highest BCUT2D eigenvalue weighted by Crippen LogP contribution is 2.08. The maximum atomic E-state index is 10.5. The van der Waals surface area contributed by atoms with E-state index in [1.165, 1.54) is 5.56 Å². The fourth-order valence-electron chi connectivity index (χ4n) is 2.27. The lowest BCUT2D eigenvalue weighted by atomic mass is 10.2. The molecule has 0 aliphatic carbocycles. The van der Waals surface area contributed by atoms with Crippen LogP contribution >= 0.6 is 0 Å². The molecule has 2 heterocycles. The van der Waals surface area contributed by atoms with E-state index in [4.69, 9.17) is 5.11 Å². The molecule has 1 aromatic rings. The highest BCUT2D eigenvalue weighted by molar-refractivity contribution is 5.66. The number of aromatic nitrogens is 1. The van der Waals surface area contributed by atoms with Crippen LogP contribution in [0, 0.1) is 6.92 Å². The van der Waals surface area contributed by atoms with Crippen molar-refractivity contribution >= 4 is 5.97 Å². The molecule has 104 valence electrons. The molecule has 0 aromatic carbocycles. The van der Waals surface area contributed by atoms with Crippen LogP contribution in [0.4, 0.5) is 0 Å². The number of hydrogen-bond acceptors (Lipinski definition) is 4. The average Bonchev–Trinajstić information content (AvgIpc) is 2.40. The third-order valence-electron chi connectivity index (χ3n) is 3.49. The number of hydrogen-bond donors (Lipinski definition) is 1. The van der Waals surface area contributed by atoms with Crippen molar-refractivity contribution in [1.82, 2.24) is 14.8 Å². The molecule has 1 fully saturated rings. The molecule has 1 aromatic heterocycles. The third kappa shape index (κ3) is 4.61. The molecule has 0 bridgehead atoms. The van der Waals surface area contributed by atoms with E-state index in [-0.39, 0.29) is 6.42 Å². The number of pyridine rings is 1. The van der Waals surface area contributed by atoms with Crippen LogP contribution in [0.3, 0.4) is 0 Å². The second-order valence-corrected chi connectivity index (χ2v) is 5.07. The topological polar surface area (TPSA) is 56.7 Å². The Kier molecular flexibility index (Phi) is 4.87. The van der Waals surface area contributed by atoms with Crippen LogP contribution in [0.5, 0.6) is 0 Å². The van der Waals surface area contributed by atoms with Crippen molar-refractivity contribution in [2.45, 2.75) is 19.9 Å². The van der Waals surface area contributed by atoms with Crippen LogP contribution in [0.1, 0.15) is 17.7 Å². The van der Waals surface area contributed by atoms with Gasteiger partial charge in [0.15, 0.2) is 0 Å². The van der Waals surface area contributed by atoms with Crippen LogP contribution < -0.4 is 0 Å². The first-order valence-electron chi connectivity index (χ1n) is 6.71. The Bertz CT molecular complexity index is 411. The number of aryl methyl sites for hydroxylation is 1. The number of piperazine rings is 1. The fourth-order valence-corrected chi connectivity index (χ4v) is 2.27. The van der Waals surface area contributed by atoms with Gasteiger partial charge in [-0.2, -0.15) is 0 Å². The van der Waals surface area contributed by atoms with Crippen molar-refractivity contribution in [3.8, 4) is 0 Å². The zero-order valence-electron chi connectivity index (χ0n) is 11.4. The van der Waals surface area contributed by atoms with E-state index in [9.17, 15) is 4.79 Å². The fraction of sp³-hybridized carbons (Fsp3) is 0.571. The van der Waals surface area contributed by atoms with E-state index in [1.807, 2.05) is 19.2 Å². The minimum atomic E-state index is -0.715. The van der Waals surface area contributed by atoms with Gasteiger partial charge in [-0.25, -0.2) is 0 Å². The smallest absolute Gasteiger partial charge is 0.304 e. The summed E-state index contributed by atoms with van der Waals surface area (Å²) in [5.41, 5.74) is 2.28. The molecular weight excluding hydrogens is 242 g/mol. The van der Waals surface area contributed by atoms with Gasteiger partial charge in [0, 0.05) is 51.2 Å². The maximum absolute atomic E-state index is 10.5. The van der Waals surface area contributed by atoms with Crippen molar-refractivity contribution < 1.29 is 9.90 Å². The second-order valence-electron chi connectivity index (χ2n) is 5.07. The van der Waals surface area contributed by atoms with Crippen molar-refractivity contribution in [1.29, 1.82) is 0 Å². The molecule has 2 rings (SSSR count). The molecule has 5 heteroatoms. The summed E-state index contributed by atoms with van der Waals surface area (Å²) in [6.45, 7) is 7.47. The number of aliphatic carboxylic acids is 1. The molecule has 1 aliphatic heterocycles. The Morgan fingerprint density at radius 1 is 1.26 bits per heavy atom. The van der Waals surface area contributed by atoms with Gasteiger partial charge in [0.2, 0.25) is 0 Å². The van der Waals surface area contributed by atoms with Crippen molar-refractivity contribution in [3.63, 3.8) is 0 Å². The molecule has 0 radical (unpaired) electrons. The summed E-state index contributed by atoms with van der Waals surface area (Å²) >= 11 is 0. The molecule has 0 atom stereocenters. The first-order chi connectivity index (χ1) is 9.13. The summed E-state index contributed by atoms with van der Waals surface area (Å²) in [6.07, 6.45) is 2.17. The summed E-state index contributed by atoms with van der Waals surface area (Å²) in [5, 5.41) is 8.67. The van der Waals surface area contributed by atoms with Crippen molar-refractivity contribution in [2.24, 2.45) is 0 Å². The maximum Gasteiger partial charge on any atom is 0.304 e. The molecule has 1 N–H and O–H groups in total. The molecule has 0 amide bonds. The van der Waals surface area contributed by atoms with E-state index in [0.717, 1.165) is 38.4 Å². The highest BCUT2D eigenvalue weighted by atomic mass is 16.4. The number of nitrogens with zero attached hydrogens (tertiary/aromatic N) is 3. The van der Waals surface area contributed by atoms with E-state index in [0.29, 0.717) is 6.54 Å². The number of carboxylic acid groups (broad SMARTS) is 1. The van der Waals surface area contributed by atoms with Gasteiger partial charge in [-0.1, -0.05) is 6.07 Å². The van der Waals surface area contributed by atoms with Gasteiger partial charge in [-0.3, -0.25) is 14.7 Å². The molecule has 0 spiro atoms. The first-order valence-corrected chi connectivity index (χ1v) is 6.71.